The molecule has 3 N–H and O–H groups in total. The quantitative estimate of drug-likeness (QED) is 0.793. The van der Waals surface area contributed by atoms with Crippen LogP contribution < -0.4 is 19.9 Å². The molecule has 0 amide bonds. The molecule has 0 saturated carbocycles. The highest BCUT2D eigenvalue weighted by Crippen LogP contribution is 2.40. The van der Waals surface area contributed by atoms with E-state index in [0.29, 0.717) is 35.8 Å². The number of hydrogen-bond acceptors (Lipinski definition) is 5. The topological polar surface area (TPSA) is 73.9 Å². The number of ether oxygens (including phenoxy) is 3. The third-order valence-corrected chi connectivity index (χ3v) is 2.52. The number of nitrogens with two attached hydrogens (primary N) is 1. The predicted molar refractivity (Wildman–Crippen MR) is 57.7 cm³/mol. The summed E-state index contributed by atoms with van der Waals surface area (Å²) in [6.45, 7) is 0.619. The van der Waals surface area contributed by atoms with Crippen LogP contribution in [0.3, 0.4) is 0 Å². The number of hydrogen-bond donors (Lipinski definition) is 2. The number of rotatable bonds is 4. The van der Waals surface area contributed by atoms with Gasteiger partial charge >= 0.3 is 0 Å². The van der Waals surface area contributed by atoms with Crippen molar-refractivity contribution in [1.29, 1.82) is 0 Å². The van der Waals surface area contributed by atoms with E-state index in [1.807, 2.05) is 0 Å². The molecule has 0 fully saturated rings. The van der Waals surface area contributed by atoms with Crippen molar-refractivity contribution < 1.29 is 19.3 Å². The number of methoxy groups -OCH3 is 1. The molecule has 0 saturated heterocycles. The van der Waals surface area contributed by atoms with E-state index in [9.17, 15) is 5.11 Å². The summed E-state index contributed by atoms with van der Waals surface area (Å²) >= 11 is 0. The first-order valence-electron chi connectivity index (χ1n) is 5.12. The van der Waals surface area contributed by atoms with Crippen LogP contribution in [-0.2, 0) is 0 Å². The fraction of sp³-hybridized carbons (Fsp3) is 0.455. The average Bonchev–Trinajstić information content (AvgIpc) is 2.74. The van der Waals surface area contributed by atoms with Crippen molar-refractivity contribution in [3.05, 3.63) is 17.7 Å². The molecule has 0 unspecified atom stereocenters. The largest absolute Gasteiger partial charge is 0.496 e. The minimum absolute atomic E-state index is 0.203. The molecule has 1 aliphatic heterocycles. The molecule has 0 aliphatic carbocycles. The smallest absolute Gasteiger partial charge is 0.231 e. The molecule has 16 heavy (non-hydrogen) atoms. The van der Waals surface area contributed by atoms with Crippen LogP contribution in [-0.4, -0.2) is 25.6 Å². The molecule has 1 atom stereocenters. The Morgan fingerprint density at radius 3 is 2.75 bits per heavy atom. The first-order chi connectivity index (χ1) is 7.76. The van der Waals surface area contributed by atoms with Crippen molar-refractivity contribution in [3.63, 3.8) is 0 Å². The van der Waals surface area contributed by atoms with Crippen molar-refractivity contribution >= 4 is 0 Å². The molecule has 2 rings (SSSR count). The van der Waals surface area contributed by atoms with Crippen LogP contribution in [0.5, 0.6) is 17.2 Å². The summed E-state index contributed by atoms with van der Waals surface area (Å²) in [4.78, 5) is 0. The number of aliphatic hydroxyl groups excluding tert-OH is 1. The number of benzene rings is 1. The SMILES string of the molecule is COc1cc2c(cc1[C@H](O)CCN)OCO2. The summed E-state index contributed by atoms with van der Waals surface area (Å²) in [5.41, 5.74) is 6.09. The normalized spacial score (nSPS) is 14.9. The molecule has 0 spiro atoms. The molecule has 5 heteroatoms. The van der Waals surface area contributed by atoms with Gasteiger partial charge in [0.05, 0.1) is 13.2 Å². The highest BCUT2D eigenvalue weighted by Gasteiger charge is 2.21. The Morgan fingerprint density at radius 2 is 2.12 bits per heavy atom. The van der Waals surface area contributed by atoms with Gasteiger partial charge in [-0.2, -0.15) is 0 Å². The van der Waals surface area contributed by atoms with Crippen LogP contribution in [0.4, 0.5) is 0 Å². The number of aliphatic hydroxyl groups is 1. The Bertz CT molecular complexity index is 380. The summed E-state index contributed by atoms with van der Waals surface area (Å²) < 4.78 is 15.7. The van der Waals surface area contributed by atoms with Gasteiger partial charge in [0.2, 0.25) is 6.79 Å². The van der Waals surface area contributed by atoms with Crippen molar-refractivity contribution in [2.24, 2.45) is 5.73 Å². The fourth-order valence-corrected chi connectivity index (χ4v) is 1.69. The van der Waals surface area contributed by atoms with Gasteiger partial charge in [-0.3, -0.25) is 0 Å². The van der Waals surface area contributed by atoms with Gasteiger partial charge < -0.3 is 25.1 Å². The highest BCUT2D eigenvalue weighted by atomic mass is 16.7. The predicted octanol–water partition coefficient (Wildman–Crippen LogP) is 0.806. The highest BCUT2D eigenvalue weighted by molar-refractivity contribution is 5.52. The second-order valence-electron chi connectivity index (χ2n) is 3.54. The van der Waals surface area contributed by atoms with Crippen molar-refractivity contribution in [2.45, 2.75) is 12.5 Å². The van der Waals surface area contributed by atoms with E-state index in [1.165, 1.54) is 0 Å². The summed E-state index contributed by atoms with van der Waals surface area (Å²) in [6, 6.07) is 3.46. The van der Waals surface area contributed by atoms with Crippen LogP contribution >= 0.6 is 0 Å². The lowest BCUT2D eigenvalue weighted by Crippen LogP contribution is -2.07. The van der Waals surface area contributed by atoms with Crippen LogP contribution in [0, 0.1) is 0 Å². The third-order valence-electron chi connectivity index (χ3n) is 2.52. The van der Waals surface area contributed by atoms with Crippen LogP contribution in [0.2, 0.25) is 0 Å². The van der Waals surface area contributed by atoms with E-state index in [1.54, 1.807) is 19.2 Å². The van der Waals surface area contributed by atoms with E-state index < -0.39 is 6.10 Å². The van der Waals surface area contributed by atoms with E-state index in [0.717, 1.165) is 0 Å². The molecule has 1 aliphatic rings. The zero-order valence-corrected chi connectivity index (χ0v) is 9.10. The molecule has 5 nitrogen and oxygen atoms in total. The maximum Gasteiger partial charge on any atom is 0.231 e. The molecule has 0 aromatic heterocycles. The number of fused-ring (bicyclic) bond motifs is 1. The Labute approximate surface area is 93.7 Å². The Balaban J connectivity index is 2.35. The standard InChI is InChI=1S/C11H15NO4/c1-14-9-5-11-10(15-6-16-11)4-7(9)8(13)2-3-12/h4-5,8,13H,2-3,6,12H2,1H3/t8-/m1/s1. The van der Waals surface area contributed by atoms with Crippen molar-refractivity contribution in [2.75, 3.05) is 20.4 Å². The molecular weight excluding hydrogens is 210 g/mol. The van der Waals surface area contributed by atoms with Crippen molar-refractivity contribution in [3.8, 4) is 17.2 Å². The monoisotopic (exact) mass is 225 g/mol. The zero-order chi connectivity index (χ0) is 11.5. The van der Waals surface area contributed by atoms with E-state index in [2.05, 4.69) is 0 Å². The second kappa shape index (κ2) is 4.59. The van der Waals surface area contributed by atoms with Crippen molar-refractivity contribution in [1.82, 2.24) is 0 Å². The fourth-order valence-electron chi connectivity index (χ4n) is 1.69. The Kier molecular flexibility index (Phi) is 3.17. The first kappa shape index (κ1) is 11.0. The maximum atomic E-state index is 9.91. The van der Waals surface area contributed by atoms with Gasteiger partial charge in [-0.15, -0.1) is 0 Å². The van der Waals surface area contributed by atoms with Gasteiger partial charge in [0.1, 0.15) is 5.75 Å². The van der Waals surface area contributed by atoms with Gasteiger partial charge in [0.15, 0.2) is 11.5 Å². The first-order valence-corrected chi connectivity index (χ1v) is 5.12. The minimum atomic E-state index is -0.644. The summed E-state index contributed by atoms with van der Waals surface area (Å²) in [5.74, 6) is 1.86. The average molecular weight is 225 g/mol. The lowest BCUT2D eigenvalue weighted by molar-refractivity contribution is 0.164. The lowest BCUT2D eigenvalue weighted by atomic mass is 10.0. The molecule has 1 aromatic rings. The second-order valence-corrected chi connectivity index (χ2v) is 3.54. The van der Waals surface area contributed by atoms with Gasteiger partial charge in [0.25, 0.3) is 0 Å². The van der Waals surface area contributed by atoms with E-state index in [4.69, 9.17) is 19.9 Å². The Morgan fingerprint density at radius 1 is 1.44 bits per heavy atom. The molecule has 1 heterocycles. The van der Waals surface area contributed by atoms with Crippen LogP contribution in [0.1, 0.15) is 18.1 Å². The molecular formula is C11H15NO4. The van der Waals surface area contributed by atoms with Gasteiger partial charge in [-0.1, -0.05) is 0 Å². The summed E-state index contributed by atoms with van der Waals surface area (Å²) in [5, 5.41) is 9.91. The molecule has 1 aromatic carbocycles. The van der Waals surface area contributed by atoms with Crippen LogP contribution in [0.25, 0.3) is 0 Å². The zero-order valence-electron chi connectivity index (χ0n) is 9.10. The molecule has 0 radical (unpaired) electrons. The minimum Gasteiger partial charge on any atom is -0.496 e. The lowest BCUT2D eigenvalue weighted by Gasteiger charge is -2.14. The van der Waals surface area contributed by atoms with Crippen LogP contribution in [0.15, 0.2) is 12.1 Å². The molecule has 0 bridgehead atoms. The Hall–Kier alpha value is -1.46. The van der Waals surface area contributed by atoms with Gasteiger partial charge in [0, 0.05) is 11.6 Å². The van der Waals surface area contributed by atoms with Gasteiger partial charge in [-0.25, -0.2) is 0 Å². The third kappa shape index (κ3) is 1.91. The van der Waals surface area contributed by atoms with Gasteiger partial charge in [-0.05, 0) is 19.0 Å². The molecule has 88 valence electrons. The summed E-state index contributed by atoms with van der Waals surface area (Å²) in [6.07, 6.45) is -0.162. The van der Waals surface area contributed by atoms with E-state index >= 15 is 0 Å². The van der Waals surface area contributed by atoms with E-state index in [-0.39, 0.29) is 6.79 Å². The maximum absolute atomic E-state index is 9.91. The summed E-state index contributed by atoms with van der Waals surface area (Å²) in [7, 11) is 1.55.